The van der Waals surface area contributed by atoms with Gasteiger partial charge in [-0.15, -0.1) is 0 Å². The van der Waals surface area contributed by atoms with E-state index in [1.54, 1.807) is 14.2 Å². The van der Waals surface area contributed by atoms with E-state index in [0.29, 0.717) is 25.4 Å². The molecule has 0 aliphatic carbocycles. The number of carbonyl (C=O) groups is 1. The number of nitrogens with zero attached hydrogens (tertiary/aromatic N) is 4. The van der Waals surface area contributed by atoms with Gasteiger partial charge >= 0.3 is 0 Å². The highest BCUT2D eigenvalue weighted by Crippen LogP contribution is 2.14. The van der Waals surface area contributed by atoms with Gasteiger partial charge in [0, 0.05) is 58.9 Å². The van der Waals surface area contributed by atoms with E-state index in [0.717, 1.165) is 26.1 Å². The summed E-state index contributed by atoms with van der Waals surface area (Å²) in [5, 5.41) is 4.11. The first kappa shape index (κ1) is 20.2. The van der Waals surface area contributed by atoms with Crippen molar-refractivity contribution in [3.63, 3.8) is 0 Å². The zero-order valence-electron chi connectivity index (χ0n) is 16.6. The second-order valence-corrected chi connectivity index (χ2v) is 7.29. The Labute approximate surface area is 165 Å². The number of ether oxygens (including phenoxy) is 1. The maximum atomic E-state index is 12.9. The minimum absolute atomic E-state index is 0.137. The van der Waals surface area contributed by atoms with Gasteiger partial charge < -0.3 is 14.5 Å². The summed E-state index contributed by atoms with van der Waals surface area (Å²) in [6.45, 7) is 4.52. The third-order valence-electron chi connectivity index (χ3n) is 5.11. The number of hydrogen-bond donors (Lipinski definition) is 0. The number of carbonyl (C=O) groups excluding carboxylic acids is 1. The fourth-order valence-electron chi connectivity index (χ4n) is 3.62. The topological polar surface area (TPSA) is 67.7 Å². The summed E-state index contributed by atoms with van der Waals surface area (Å²) in [5.74, 6) is 0.0985. The van der Waals surface area contributed by atoms with E-state index < -0.39 is 0 Å². The predicted octanol–water partition coefficient (Wildman–Crippen LogP) is 1.04. The van der Waals surface area contributed by atoms with Gasteiger partial charge in [0.05, 0.1) is 6.61 Å². The van der Waals surface area contributed by atoms with Crippen molar-refractivity contribution in [2.75, 3.05) is 46.4 Å². The van der Waals surface area contributed by atoms with Crippen LogP contribution in [0.1, 0.15) is 16.1 Å². The number of rotatable bonds is 6. The summed E-state index contributed by atoms with van der Waals surface area (Å²) in [6, 6.07) is 13.3. The largest absolute Gasteiger partial charge is 0.384 e. The minimum Gasteiger partial charge on any atom is -0.384 e. The van der Waals surface area contributed by atoms with Crippen molar-refractivity contribution in [2.45, 2.75) is 6.42 Å². The van der Waals surface area contributed by atoms with E-state index in [1.165, 1.54) is 22.4 Å². The van der Waals surface area contributed by atoms with E-state index in [1.807, 2.05) is 11.0 Å². The summed E-state index contributed by atoms with van der Waals surface area (Å²) in [4.78, 5) is 28.7. The highest BCUT2D eigenvalue weighted by Gasteiger charge is 2.27. The van der Waals surface area contributed by atoms with Crippen molar-refractivity contribution in [3.05, 3.63) is 64.1 Å². The van der Waals surface area contributed by atoms with Gasteiger partial charge in [0.25, 0.3) is 11.5 Å². The Hall–Kier alpha value is -2.51. The molecule has 1 aromatic carbocycles. The van der Waals surface area contributed by atoms with E-state index in [9.17, 15) is 9.59 Å². The van der Waals surface area contributed by atoms with Crippen LogP contribution in [0.5, 0.6) is 0 Å². The van der Waals surface area contributed by atoms with Gasteiger partial charge in [0.15, 0.2) is 0 Å². The van der Waals surface area contributed by atoms with Crippen molar-refractivity contribution >= 4 is 5.91 Å². The normalized spacial score (nSPS) is 18.1. The lowest BCUT2D eigenvalue weighted by atomic mass is 10.1. The average molecular weight is 384 g/mol. The van der Waals surface area contributed by atoms with Crippen LogP contribution in [0.4, 0.5) is 0 Å². The molecule has 0 unspecified atom stereocenters. The van der Waals surface area contributed by atoms with Crippen LogP contribution in [0.2, 0.25) is 0 Å². The monoisotopic (exact) mass is 384 g/mol. The summed E-state index contributed by atoms with van der Waals surface area (Å²) < 4.78 is 6.59. The molecule has 0 radical (unpaired) electrons. The second-order valence-electron chi connectivity index (χ2n) is 7.29. The standard InChI is InChI=1S/C21H28N4O3/c1-23-20(26)9-8-19(22-23)21(27)25-13-12-24(14-18(15-25)16-28-2)11-10-17-6-4-3-5-7-17/h3-9,18H,10-16H2,1-2H3/t18-/m0/s1. The molecule has 28 heavy (non-hydrogen) atoms. The van der Waals surface area contributed by atoms with Gasteiger partial charge in [-0.3, -0.25) is 9.59 Å². The number of aryl methyl sites for hydroxylation is 1. The van der Waals surface area contributed by atoms with Gasteiger partial charge in [-0.25, -0.2) is 4.68 Å². The molecule has 0 saturated carbocycles. The molecule has 2 heterocycles. The minimum atomic E-state index is -0.225. The molecule has 0 bridgehead atoms. The number of amides is 1. The van der Waals surface area contributed by atoms with Crippen LogP contribution in [0, 0.1) is 5.92 Å². The van der Waals surface area contributed by atoms with Crippen molar-refractivity contribution in [3.8, 4) is 0 Å². The molecule has 1 fully saturated rings. The van der Waals surface area contributed by atoms with Crippen LogP contribution >= 0.6 is 0 Å². The molecule has 2 aromatic rings. The Bertz CT molecular complexity index is 837. The summed E-state index contributed by atoms with van der Waals surface area (Å²) in [6.07, 6.45) is 0.983. The Kier molecular flexibility index (Phi) is 6.95. The molecule has 3 rings (SSSR count). The average Bonchev–Trinajstić information content (AvgIpc) is 2.91. The molecular formula is C21H28N4O3. The first-order chi connectivity index (χ1) is 13.6. The third kappa shape index (κ3) is 5.27. The van der Waals surface area contributed by atoms with Gasteiger partial charge in [-0.2, -0.15) is 5.10 Å². The number of benzene rings is 1. The molecule has 1 amide bonds. The second kappa shape index (κ2) is 9.61. The number of hydrogen-bond acceptors (Lipinski definition) is 5. The van der Waals surface area contributed by atoms with Crippen LogP contribution in [-0.2, 0) is 18.2 Å². The Balaban J connectivity index is 1.67. The van der Waals surface area contributed by atoms with Gasteiger partial charge in [-0.1, -0.05) is 30.3 Å². The summed E-state index contributed by atoms with van der Waals surface area (Å²) >= 11 is 0. The Morgan fingerprint density at radius 3 is 2.64 bits per heavy atom. The van der Waals surface area contributed by atoms with Crippen LogP contribution in [-0.4, -0.2) is 71.9 Å². The van der Waals surface area contributed by atoms with Crippen molar-refractivity contribution < 1.29 is 9.53 Å². The van der Waals surface area contributed by atoms with Crippen molar-refractivity contribution in [2.24, 2.45) is 13.0 Å². The first-order valence-corrected chi connectivity index (χ1v) is 9.65. The molecule has 1 saturated heterocycles. The lowest BCUT2D eigenvalue weighted by Gasteiger charge is -2.24. The number of aromatic nitrogens is 2. The maximum absolute atomic E-state index is 12.9. The molecule has 1 aliphatic rings. The van der Waals surface area contributed by atoms with Crippen molar-refractivity contribution in [1.29, 1.82) is 0 Å². The molecule has 7 heteroatoms. The SMILES string of the molecule is COC[C@H]1CN(CCc2ccccc2)CCN(C(=O)c2ccc(=O)n(C)n2)C1. The van der Waals surface area contributed by atoms with E-state index in [4.69, 9.17) is 4.74 Å². The van der Waals surface area contributed by atoms with E-state index in [-0.39, 0.29) is 17.4 Å². The van der Waals surface area contributed by atoms with Crippen LogP contribution in [0.25, 0.3) is 0 Å². The van der Waals surface area contributed by atoms with Gasteiger partial charge in [0.1, 0.15) is 5.69 Å². The van der Waals surface area contributed by atoms with Crippen LogP contribution in [0.15, 0.2) is 47.3 Å². The van der Waals surface area contributed by atoms with Crippen LogP contribution in [0.3, 0.4) is 0 Å². The lowest BCUT2D eigenvalue weighted by molar-refractivity contribution is 0.0699. The molecule has 0 spiro atoms. The molecule has 1 aliphatic heterocycles. The zero-order valence-corrected chi connectivity index (χ0v) is 16.6. The quantitative estimate of drug-likeness (QED) is 0.745. The van der Waals surface area contributed by atoms with E-state index in [2.05, 4.69) is 34.3 Å². The fourth-order valence-corrected chi connectivity index (χ4v) is 3.62. The molecular weight excluding hydrogens is 356 g/mol. The summed E-state index contributed by atoms with van der Waals surface area (Å²) in [5.41, 5.74) is 1.39. The zero-order chi connectivity index (χ0) is 19.9. The highest BCUT2D eigenvalue weighted by atomic mass is 16.5. The predicted molar refractivity (Wildman–Crippen MR) is 107 cm³/mol. The molecule has 7 nitrogen and oxygen atoms in total. The maximum Gasteiger partial charge on any atom is 0.274 e. The lowest BCUT2D eigenvalue weighted by Crippen LogP contribution is -2.38. The van der Waals surface area contributed by atoms with Gasteiger partial charge in [-0.05, 0) is 18.1 Å². The molecule has 1 atom stereocenters. The Morgan fingerprint density at radius 2 is 1.93 bits per heavy atom. The first-order valence-electron chi connectivity index (χ1n) is 9.65. The third-order valence-corrected chi connectivity index (χ3v) is 5.11. The number of methoxy groups -OCH3 is 1. The smallest absolute Gasteiger partial charge is 0.274 e. The molecule has 1 aromatic heterocycles. The van der Waals surface area contributed by atoms with Gasteiger partial charge in [0.2, 0.25) is 0 Å². The summed E-state index contributed by atoms with van der Waals surface area (Å²) in [7, 11) is 3.25. The van der Waals surface area contributed by atoms with Crippen LogP contribution < -0.4 is 5.56 Å². The van der Waals surface area contributed by atoms with Crippen molar-refractivity contribution in [1.82, 2.24) is 19.6 Å². The molecule has 150 valence electrons. The Morgan fingerprint density at radius 1 is 1.14 bits per heavy atom. The van der Waals surface area contributed by atoms with E-state index >= 15 is 0 Å². The highest BCUT2D eigenvalue weighted by molar-refractivity contribution is 5.92. The fraction of sp³-hybridized carbons (Fsp3) is 0.476. The molecule has 0 N–H and O–H groups in total.